The summed E-state index contributed by atoms with van der Waals surface area (Å²) >= 11 is 0. The summed E-state index contributed by atoms with van der Waals surface area (Å²) in [5.74, 6) is -1.18. The molecule has 1 aromatic rings. The van der Waals surface area contributed by atoms with Gasteiger partial charge in [0.05, 0.1) is 11.4 Å². The van der Waals surface area contributed by atoms with Gasteiger partial charge in [0, 0.05) is 12.6 Å². The van der Waals surface area contributed by atoms with Crippen LogP contribution in [0.15, 0.2) is 12.1 Å². The fourth-order valence-electron chi connectivity index (χ4n) is 2.45. The zero-order chi connectivity index (χ0) is 12.6. The highest BCUT2D eigenvalue weighted by molar-refractivity contribution is 5.69. The van der Waals surface area contributed by atoms with Crippen LogP contribution >= 0.6 is 0 Å². The van der Waals surface area contributed by atoms with Gasteiger partial charge in [0.2, 0.25) is 0 Å². The van der Waals surface area contributed by atoms with Crippen LogP contribution in [0.3, 0.4) is 0 Å². The first kappa shape index (κ1) is 12.1. The van der Waals surface area contributed by atoms with Crippen LogP contribution in [0.5, 0.6) is 0 Å². The van der Waals surface area contributed by atoms with E-state index in [9.17, 15) is 8.78 Å². The lowest BCUT2D eigenvalue weighted by Gasteiger charge is -2.39. The van der Waals surface area contributed by atoms with Crippen LogP contribution in [0.1, 0.15) is 26.7 Å². The minimum atomic E-state index is -0.834. The second-order valence-electron chi connectivity index (χ2n) is 4.98. The van der Waals surface area contributed by atoms with Gasteiger partial charge < -0.3 is 10.6 Å². The quantitative estimate of drug-likeness (QED) is 0.764. The Kier molecular flexibility index (Phi) is 3.22. The molecule has 0 bridgehead atoms. The Balaban J connectivity index is 2.41. The van der Waals surface area contributed by atoms with Gasteiger partial charge in [0.1, 0.15) is 0 Å². The van der Waals surface area contributed by atoms with Crippen LogP contribution in [0.2, 0.25) is 0 Å². The van der Waals surface area contributed by atoms with E-state index in [1.54, 1.807) is 0 Å². The van der Waals surface area contributed by atoms with Gasteiger partial charge in [-0.25, -0.2) is 8.78 Å². The minimum Gasteiger partial charge on any atom is -0.397 e. The molecule has 0 saturated carbocycles. The predicted molar refractivity (Wildman–Crippen MR) is 66.0 cm³/mol. The van der Waals surface area contributed by atoms with E-state index >= 15 is 0 Å². The molecule has 0 amide bonds. The lowest BCUT2D eigenvalue weighted by Crippen LogP contribution is -2.42. The molecule has 1 aliphatic heterocycles. The first-order valence-corrected chi connectivity index (χ1v) is 6.00. The zero-order valence-electron chi connectivity index (χ0n) is 10.2. The number of piperidine rings is 1. The maximum atomic E-state index is 13.9. The topological polar surface area (TPSA) is 29.3 Å². The number of rotatable bonds is 1. The van der Waals surface area contributed by atoms with Gasteiger partial charge in [-0.1, -0.05) is 6.92 Å². The van der Waals surface area contributed by atoms with Crippen molar-refractivity contribution in [1.82, 2.24) is 0 Å². The molecule has 1 aromatic carbocycles. The van der Waals surface area contributed by atoms with E-state index in [1.165, 1.54) is 6.07 Å². The molecule has 0 aromatic heterocycles. The Hall–Kier alpha value is -1.32. The molecule has 0 spiro atoms. The van der Waals surface area contributed by atoms with Crippen molar-refractivity contribution in [2.75, 3.05) is 17.2 Å². The normalized spacial score (nSPS) is 25.1. The third-order valence-corrected chi connectivity index (χ3v) is 3.51. The molecule has 1 saturated heterocycles. The molecule has 4 heteroatoms. The first-order valence-electron chi connectivity index (χ1n) is 6.00. The molecule has 0 aliphatic carbocycles. The fourth-order valence-corrected chi connectivity index (χ4v) is 2.45. The number of hydrogen-bond donors (Lipinski definition) is 1. The average Bonchev–Trinajstić information content (AvgIpc) is 2.29. The summed E-state index contributed by atoms with van der Waals surface area (Å²) in [5, 5.41) is 0. The van der Waals surface area contributed by atoms with E-state index in [0.29, 0.717) is 11.6 Å². The van der Waals surface area contributed by atoms with E-state index in [2.05, 4.69) is 6.92 Å². The van der Waals surface area contributed by atoms with Crippen molar-refractivity contribution in [2.45, 2.75) is 32.7 Å². The van der Waals surface area contributed by atoms with Gasteiger partial charge in [-0.2, -0.15) is 0 Å². The fraction of sp³-hybridized carbons (Fsp3) is 0.538. The highest BCUT2D eigenvalue weighted by Gasteiger charge is 2.27. The number of nitrogens with zero attached hydrogens (tertiary/aromatic N) is 1. The highest BCUT2D eigenvalue weighted by Crippen LogP contribution is 2.34. The van der Waals surface area contributed by atoms with Crippen LogP contribution in [0.4, 0.5) is 20.2 Å². The van der Waals surface area contributed by atoms with E-state index in [0.717, 1.165) is 25.5 Å². The molecule has 17 heavy (non-hydrogen) atoms. The lowest BCUT2D eigenvalue weighted by atomic mass is 9.94. The van der Waals surface area contributed by atoms with Crippen LogP contribution in [-0.2, 0) is 0 Å². The van der Waals surface area contributed by atoms with Gasteiger partial charge in [0.25, 0.3) is 0 Å². The Morgan fingerprint density at radius 2 is 1.94 bits per heavy atom. The maximum absolute atomic E-state index is 13.9. The Morgan fingerprint density at radius 3 is 2.65 bits per heavy atom. The van der Waals surface area contributed by atoms with Crippen molar-refractivity contribution >= 4 is 11.4 Å². The van der Waals surface area contributed by atoms with Crippen molar-refractivity contribution in [1.29, 1.82) is 0 Å². The summed E-state index contributed by atoms with van der Waals surface area (Å²) in [6, 6.07) is 2.70. The lowest BCUT2D eigenvalue weighted by molar-refractivity contribution is 0.384. The second-order valence-corrected chi connectivity index (χ2v) is 4.98. The molecule has 2 N–H and O–H groups in total. The van der Waals surface area contributed by atoms with Gasteiger partial charge in [0.15, 0.2) is 11.6 Å². The third kappa shape index (κ3) is 2.21. The average molecular weight is 240 g/mol. The summed E-state index contributed by atoms with van der Waals surface area (Å²) in [4.78, 5) is 1.89. The third-order valence-electron chi connectivity index (χ3n) is 3.51. The Morgan fingerprint density at radius 1 is 1.24 bits per heavy atom. The van der Waals surface area contributed by atoms with Crippen molar-refractivity contribution in [2.24, 2.45) is 5.92 Å². The summed E-state index contributed by atoms with van der Waals surface area (Å²) in [5.41, 5.74) is 6.32. The van der Waals surface area contributed by atoms with Gasteiger partial charge in [-0.15, -0.1) is 0 Å². The molecular weight excluding hydrogens is 222 g/mol. The van der Waals surface area contributed by atoms with Crippen LogP contribution in [0.25, 0.3) is 0 Å². The Bertz CT molecular complexity index is 420. The van der Waals surface area contributed by atoms with Crippen molar-refractivity contribution < 1.29 is 8.78 Å². The number of anilines is 2. The van der Waals surface area contributed by atoms with Crippen LogP contribution in [-0.4, -0.2) is 12.6 Å². The number of nitrogens with two attached hydrogens (primary N) is 1. The SMILES string of the molecule is CC1CCC(C)N(c2c(N)ccc(F)c2F)C1. The molecule has 1 aliphatic rings. The van der Waals surface area contributed by atoms with E-state index in [4.69, 9.17) is 5.73 Å². The summed E-state index contributed by atoms with van der Waals surface area (Å²) in [6.07, 6.45) is 2.10. The van der Waals surface area contributed by atoms with Gasteiger partial charge in [-0.05, 0) is 37.8 Å². The molecule has 1 heterocycles. The number of nitrogen functional groups attached to an aromatic ring is 1. The molecule has 0 radical (unpaired) electrons. The summed E-state index contributed by atoms with van der Waals surface area (Å²) in [7, 11) is 0. The monoisotopic (exact) mass is 240 g/mol. The van der Waals surface area contributed by atoms with E-state index in [1.807, 2.05) is 11.8 Å². The first-order chi connectivity index (χ1) is 8.00. The van der Waals surface area contributed by atoms with E-state index < -0.39 is 11.6 Å². The summed E-state index contributed by atoms with van der Waals surface area (Å²) in [6.45, 7) is 4.87. The minimum absolute atomic E-state index is 0.199. The predicted octanol–water partition coefficient (Wildman–Crippen LogP) is 3.17. The molecule has 2 rings (SSSR count). The number of halogens is 2. The van der Waals surface area contributed by atoms with Gasteiger partial charge in [-0.3, -0.25) is 0 Å². The number of hydrogen-bond acceptors (Lipinski definition) is 2. The second kappa shape index (κ2) is 4.51. The largest absolute Gasteiger partial charge is 0.397 e. The standard InChI is InChI=1S/C13H18F2N2/c1-8-3-4-9(2)17(7-8)13-11(16)6-5-10(14)12(13)15/h5-6,8-9H,3-4,7,16H2,1-2H3. The summed E-state index contributed by atoms with van der Waals surface area (Å²) < 4.78 is 27.1. The van der Waals surface area contributed by atoms with Gasteiger partial charge >= 0.3 is 0 Å². The molecule has 2 nitrogen and oxygen atoms in total. The van der Waals surface area contributed by atoms with E-state index in [-0.39, 0.29) is 11.7 Å². The molecule has 2 atom stereocenters. The maximum Gasteiger partial charge on any atom is 0.184 e. The molecular formula is C13H18F2N2. The van der Waals surface area contributed by atoms with Crippen molar-refractivity contribution in [3.8, 4) is 0 Å². The zero-order valence-corrected chi connectivity index (χ0v) is 10.2. The van der Waals surface area contributed by atoms with Crippen LogP contribution in [0, 0.1) is 17.6 Å². The van der Waals surface area contributed by atoms with Crippen LogP contribution < -0.4 is 10.6 Å². The Labute approximate surface area is 100 Å². The molecule has 1 fully saturated rings. The smallest absolute Gasteiger partial charge is 0.184 e. The molecule has 94 valence electrons. The van der Waals surface area contributed by atoms with Crippen molar-refractivity contribution in [3.63, 3.8) is 0 Å². The molecule has 2 unspecified atom stereocenters. The highest BCUT2D eigenvalue weighted by atomic mass is 19.2. The number of benzene rings is 1. The van der Waals surface area contributed by atoms with Crippen molar-refractivity contribution in [3.05, 3.63) is 23.8 Å².